The number of hydrogen-bond acceptors (Lipinski definition) is 5. The Morgan fingerprint density at radius 1 is 1.30 bits per heavy atom. The smallest absolute Gasteiger partial charge is 0.243 e. The molecule has 1 aromatic carbocycles. The zero-order chi connectivity index (χ0) is 14.2. The van der Waals surface area contributed by atoms with Crippen molar-refractivity contribution in [3.8, 4) is 0 Å². The fourth-order valence-corrected chi connectivity index (χ4v) is 3.40. The molecule has 1 aliphatic heterocycles. The van der Waals surface area contributed by atoms with Crippen LogP contribution in [-0.4, -0.2) is 35.0 Å². The Hall–Kier alpha value is -1.77. The number of nitrogens with one attached hydrogen (secondary N) is 2. The van der Waals surface area contributed by atoms with Gasteiger partial charge >= 0.3 is 0 Å². The zero-order valence-corrected chi connectivity index (χ0v) is 11.8. The number of H-pyrrole nitrogens is 1. The predicted molar refractivity (Wildman–Crippen MR) is 72.0 cm³/mol. The molecule has 0 amide bonds. The molecule has 2 heterocycles. The van der Waals surface area contributed by atoms with Gasteiger partial charge in [0.2, 0.25) is 10.0 Å². The minimum absolute atomic E-state index is 0.164. The van der Waals surface area contributed by atoms with Gasteiger partial charge in [-0.05, 0) is 23.3 Å². The van der Waals surface area contributed by atoms with Crippen molar-refractivity contribution in [2.75, 3.05) is 7.05 Å². The monoisotopic (exact) mass is 293 g/mol. The lowest BCUT2D eigenvalue weighted by molar-refractivity contribution is 0.457. The van der Waals surface area contributed by atoms with E-state index in [2.05, 4.69) is 20.5 Å². The lowest BCUT2D eigenvalue weighted by Crippen LogP contribution is -2.27. The molecule has 2 N–H and O–H groups in total. The second kappa shape index (κ2) is 4.97. The summed E-state index contributed by atoms with van der Waals surface area (Å²) in [6.07, 6.45) is 1.36. The van der Waals surface area contributed by atoms with Crippen LogP contribution < -0.4 is 5.32 Å². The van der Waals surface area contributed by atoms with E-state index in [1.54, 1.807) is 12.1 Å². The second-order valence-corrected chi connectivity index (χ2v) is 6.77. The molecule has 7 nitrogen and oxygen atoms in total. The lowest BCUT2D eigenvalue weighted by atomic mass is 10.1. The Bertz CT molecular complexity index is 711. The highest BCUT2D eigenvalue weighted by Crippen LogP contribution is 2.22. The van der Waals surface area contributed by atoms with Gasteiger partial charge < -0.3 is 5.32 Å². The van der Waals surface area contributed by atoms with Gasteiger partial charge in [0.05, 0.1) is 11.4 Å². The van der Waals surface area contributed by atoms with Crippen molar-refractivity contribution in [1.29, 1.82) is 0 Å². The molecule has 0 saturated heterocycles. The molecule has 0 radical (unpaired) electrons. The number of aromatic amines is 1. The largest absolute Gasteiger partial charge is 0.309 e. The van der Waals surface area contributed by atoms with E-state index < -0.39 is 10.0 Å². The molecule has 3 rings (SSSR count). The van der Waals surface area contributed by atoms with Crippen LogP contribution in [-0.2, 0) is 29.7 Å². The first-order valence-electron chi connectivity index (χ1n) is 6.20. The highest BCUT2D eigenvalue weighted by molar-refractivity contribution is 7.89. The SMILES string of the molecule is CN(Cc1ncn[nH]1)S(=O)(=O)c1ccc2c(c1)CNC2. The van der Waals surface area contributed by atoms with Crippen LogP contribution in [0.2, 0.25) is 0 Å². The van der Waals surface area contributed by atoms with E-state index in [4.69, 9.17) is 0 Å². The molecule has 0 saturated carbocycles. The van der Waals surface area contributed by atoms with E-state index in [0.29, 0.717) is 17.3 Å². The Kier molecular flexibility index (Phi) is 3.28. The summed E-state index contributed by atoms with van der Waals surface area (Å²) < 4.78 is 26.3. The highest BCUT2D eigenvalue weighted by Gasteiger charge is 2.23. The van der Waals surface area contributed by atoms with Crippen LogP contribution in [0.25, 0.3) is 0 Å². The molecular weight excluding hydrogens is 278 g/mol. The van der Waals surface area contributed by atoms with Gasteiger partial charge in [-0.2, -0.15) is 9.40 Å². The fraction of sp³-hybridized carbons (Fsp3) is 0.333. The summed E-state index contributed by atoms with van der Waals surface area (Å²) in [5, 5.41) is 9.57. The molecular formula is C12H15N5O2S. The van der Waals surface area contributed by atoms with Crippen molar-refractivity contribution in [3.63, 3.8) is 0 Å². The molecule has 1 aliphatic rings. The van der Waals surface area contributed by atoms with E-state index >= 15 is 0 Å². The number of aromatic nitrogens is 3. The van der Waals surface area contributed by atoms with Crippen molar-refractivity contribution in [2.24, 2.45) is 0 Å². The third-order valence-corrected chi connectivity index (χ3v) is 5.15. The van der Waals surface area contributed by atoms with Crippen molar-refractivity contribution in [2.45, 2.75) is 24.5 Å². The Morgan fingerprint density at radius 3 is 2.85 bits per heavy atom. The standard InChI is InChI=1S/C12H15N5O2S/c1-17(7-12-14-8-15-16-12)20(18,19)11-3-2-9-5-13-6-10(9)4-11/h2-4,8,13H,5-7H2,1H3,(H,14,15,16). The first-order chi connectivity index (χ1) is 9.57. The van der Waals surface area contributed by atoms with Crippen molar-refractivity contribution in [1.82, 2.24) is 24.8 Å². The third-order valence-electron chi connectivity index (χ3n) is 3.35. The van der Waals surface area contributed by atoms with Gasteiger partial charge in [0.25, 0.3) is 0 Å². The summed E-state index contributed by atoms with van der Waals surface area (Å²) in [6, 6.07) is 5.25. The summed E-state index contributed by atoms with van der Waals surface area (Å²) >= 11 is 0. The number of fused-ring (bicyclic) bond motifs is 1. The number of hydrogen-bond donors (Lipinski definition) is 2. The topological polar surface area (TPSA) is 91.0 Å². The van der Waals surface area contributed by atoms with Gasteiger partial charge in [-0.1, -0.05) is 6.07 Å². The fourth-order valence-electron chi connectivity index (χ4n) is 2.21. The van der Waals surface area contributed by atoms with Gasteiger partial charge in [0.1, 0.15) is 12.2 Å². The van der Waals surface area contributed by atoms with Crippen LogP contribution in [0.3, 0.4) is 0 Å². The Labute approximate surface area is 117 Å². The van der Waals surface area contributed by atoms with Gasteiger partial charge in [-0.25, -0.2) is 13.4 Å². The van der Waals surface area contributed by atoms with E-state index in [-0.39, 0.29) is 6.54 Å². The summed E-state index contributed by atoms with van der Waals surface area (Å²) in [4.78, 5) is 4.25. The molecule has 0 unspecified atom stereocenters. The Morgan fingerprint density at radius 2 is 2.10 bits per heavy atom. The Balaban J connectivity index is 1.87. The third kappa shape index (κ3) is 2.33. The van der Waals surface area contributed by atoms with Crippen LogP contribution in [0.4, 0.5) is 0 Å². The average Bonchev–Trinajstić information content (AvgIpc) is 3.07. The van der Waals surface area contributed by atoms with Crippen LogP contribution in [0.5, 0.6) is 0 Å². The number of rotatable bonds is 4. The highest BCUT2D eigenvalue weighted by atomic mass is 32.2. The first-order valence-corrected chi connectivity index (χ1v) is 7.64. The number of benzene rings is 1. The maximum Gasteiger partial charge on any atom is 0.243 e. The van der Waals surface area contributed by atoms with E-state index in [0.717, 1.165) is 17.7 Å². The van der Waals surface area contributed by atoms with Gasteiger partial charge in [0, 0.05) is 20.1 Å². The van der Waals surface area contributed by atoms with Crippen LogP contribution in [0, 0.1) is 0 Å². The predicted octanol–water partition coefficient (Wildman–Crippen LogP) is 0.229. The van der Waals surface area contributed by atoms with E-state index in [1.165, 1.54) is 17.7 Å². The molecule has 20 heavy (non-hydrogen) atoms. The quantitative estimate of drug-likeness (QED) is 0.842. The van der Waals surface area contributed by atoms with Gasteiger partial charge in [-0.15, -0.1) is 0 Å². The molecule has 8 heteroatoms. The van der Waals surface area contributed by atoms with Crippen molar-refractivity contribution < 1.29 is 8.42 Å². The maximum absolute atomic E-state index is 12.5. The summed E-state index contributed by atoms with van der Waals surface area (Å²) in [5.74, 6) is 0.513. The second-order valence-electron chi connectivity index (χ2n) is 4.73. The van der Waals surface area contributed by atoms with Gasteiger partial charge in [-0.3, -0.25) is 5.10 Å². The average molecular weight is 293 g/mol. The maximum atomic E-state index is 12.5. The molecule has 106 valence electrons. The van der Waals surface area contributed by atoms with Gasteiger partial charge in [0.15, 0.2) is 0 Å². The molecule has 0 spiro atoms. The molecule has 1 aromatic heterocycles. The number of nitrogens with zero attached hydrogens (tertiary/aromatic N) is 3. The van der Waals surface area contributed by atoms with E-state index in [9.17, 15) is 8.42 Å². The lowest BCUT2D eigenvalue weighted by Gasteiger charge is -2.16. The van der Waals surface area contributed by atoms with Crippen LogP contribution in [0.15, 0.2) is 29.4 Å². The molecule has 0 atom stereocenters. The van der Waals surface area contributed by atoms with E-state index in [1.807, 2.05) is 6.07 Å². The minimum Gasteiger partial charge on any atom is -0.309 e. The molecule has 0 aliphatic carbocycles. The van der Waals surface area contributed by atoms with Crippen molar-refractivity contribution >= 4 is 10.0 Å². The molecule has 0 bridgehead atoms. The molecule has 2 aromatic rings. The zero-order valence-electron chi connectivity index (χ0n) is 11.0. The normalized spacial score (nSPS) is 14.7. The summed E-state index contributed by atoms with van der Waals surface area (Å²) in [5.41, 5.74) is 2.20. The first kappa shape index (κ1) is 13.2. The van der Waals surface area contributed by atoms with Crippen molar-refractivity contribution in [3.05, 3.63) is 41.5 Å². The van der Waals surface area contributed by atoms with Crippen LogP contribution in [0.1, 0.15) is 17.0 Å². The summed E-state index contributed by atoms with van der Waals surface area (Å²) in [6.45, 7) is 1.67. The minimum atomic E-state index is -3.52. The number of sulfonamides is 1. The van der Waals surface area contributed by atoms with Crippen LogP contribution >= 0.6 is 0 Å². The summed E-state index contributed by atoms with van der Waals surface area (Å²) in [7, 11) is -1.99. The molecule has 0 fully saturated rings.